The number of carbonyl (C=O) groups is 2. The van der Waals surface area contributed by atoms with Crippen LogP contribution in [0.15, 0.2) is 65.6 Å². The maximum absolute atomic E-state index is 13.2. The lowest BCUT2D eigenvalue weighted by atomic mass is 10.1. The maximum Gasteiger partial charge on any atom is 0.270 e. The first-order chi connectivity index (χ1) is 17.8. The highest BCUT2D eigenvalue weighted by Crippen LogP contribution is 2.37. The van der Waals surface area contributed by atoms with Gasteiger partial charge in [0, 0.05) is 5.69 Å². The van der Waals surface area contributed by atoms with Gasteiger partial charge in [-0.05, 0) is 86.4 Å². The summed E-state index contributed by atoms with van der Waals surface area (Å²) in [7, 11) is 0. The van der Waals surface area contributed by atoms with Crippen molar-refractivity contribution in [3.63, 3.8) is 0 Å². The third-order valence-corrected chi connectivity index (χ3v) is 7.19. The van der Waals surface area contributed by atoms with Crippen molar-refractivity contribution in [1.82, 2.24) is 0 Å². The van der Waals surface area contributed by atoms with Crippen LogP contribution in [-0.4, -0.2) is 29.3 Å². The number of benzene rings is 3. The molecule has 6 nitrogen and oxygen atoms in total. The smallest absolute Gasteiger partial charge is 0.270 e. The van der Waals surface area contributed by atoms with Crippen molar-refractivity contribution in [3.05, 3.63) is 87.8 Å². The van der Waals surface area contributed by atoms with Gasteiger partial charge in [-0.3, -0.25) is 14.5 Å². The summed E-state index contributed by atoms with van der Waals surface area (Å²) in [6.45, 7) is 8.10. The predicted octanol–water partition coefficient (Wildman–Crippen LogP) is 6.43. The van der Waals surface area contributed by atoms with E-state index in [-0.39, 0.29) is 18.4 Å². The molecule has 3 aromatic rings. The fourth-order valence-corrected chi connectivity index (χ4v) is 5.05. The molecule has 1 N–H and O–H groups in total. The van der Waals surface area contributed by atoms with Gasteiger partial charge in [0.2, 0.25) is 0 Å². The Hall–Kier alpha value is -3.62. The number of para-hydroxylation sites is 1. The van der Waals surface area contributed by atoms with Crippen LogP contribution in [0.3, 0.4) is 0 Å². The van der Waals surface area contributed by atoms with Crippen LogP contribution in [0.25, 0.3) is 6.08 Å². The number of nitrogens with one attached hydrogen (secondary N) is 1. The molecule has 1 saturated heterocycles. The van der Waals surface area contributed by atoms with Gasteiger partial charge >= 0.3 is 0 Å². The molecule has 0 aliphatic carbocycles. The normalized spacial score (nSPS) is 14.3. The van der Waals surface area contributed by atoms with Crippen LogP contribution in [0.2, 0.25) is 0 Å². The SMILES string of the molecule is CCOc1cc(/C=C2/SC(=S)N(c3ccc(C)c(C)c3)C2=O)ccc1OCC(=O)Nc1ccccc1C. The highest BCUT2D eigenvalue weighted by atomic mass is 32.2. The van der Waals surface area contributed by atoms with Gasteiger partial charge in [0.25, 0.3) is 11.8 Å². The van der Waals surface area contributed by atoms with Gasteiger partial charge in [0.05, 0.1) is 17.2 Å². The highest BCUT2D eigenvalue weighted by Gasteiger charge is 2.33. The van der Waals surface area contributed by atoms with Crippen molar-refractivity contribution < 1.29 is 19.1 Å². The Balaban J connectivity index is 1.49. The van der Waals surface area contributed by atoms with Crippen molar-refractivity contribution in [1.29, 1.82) is 0 Å². The summed E-state index contributed by atoms with van der Waals surface area (Å²) in [6, 6.07) is 18.8. The van der Waals surface area contributed by atoms with Crippen LogP contribution in [0.1, 0.15) is 29.2 Å². The number of hydrogen-bond acceptors (Lipinski definition) is 6. The number of carbonyl (C=O) groups excluding carboxylic acids is 2. The van der Waals surface area contributed by atoms with Crippen LogP contribution in [0.5, 0.6) is 11.5 Å². The van der Waals surface area contributed by atoms with E-state index in [1.165, 1.54) is 11.8 Å². The zero-order valence-corrected chi connectivity index (χ0v) is 22.8. The van der Waals surface area contributed by atoms with Gasteiger partial charge in [-0.15, -0.1) is 0 Å². The first kappa shape index (κ1) is 26.4. The minimum atomic E-state index is -0.268. The van der Waals surface area contributed by atoms with Gasteiger partial charge in [0.15, 0.2) is 22.4 Å². The second-order valence-electron chi connectivity index (χ2n) is 8.58. The first-order valence-corrected chi connectivity index (χ1v) is 13.1. The standard InChI is InChI=1S/C29H28N2O4S2/c1-5-34-25-15-21(11-13-24(25)35-17-27(32)30-23-9-7-6-8-19(23)3)16-26-28(33)31(29(36)37-26)22-12-10-18(2)20(4)14-22/h6-16H,5,17H2,1-4H3,(H,30,32)/b26-16+. The van der Waals surface area contributed by atoms with Crippen molar-refractivity contribution >= 4 is 57.6 Å². The predicted molar refractivity (Wildman–Crippen MR) is 154 cm³/mol. The molecule has 37 heavy (non-hydrogen) atoms. The molecular weight excluding hydrogens is 504 g/mol. The molecule has 1 heterocycles. The Kier molecular flexibility index (Phi) is 8.31. The zero-order chi connectivity index (χ0) is 26.5. The van der Waals surface area contributed by atoms with Crippen LogP contribution in [-0.2, 0) is 9.59 Å². The minimum absolute atomic E-state index is 0.163. The lowest BCUT2D eigenvalue weighted by Gasteiger charge is -2.16. The molecular formula is C29H28N2O4S2. The summed E-state index contributed by atoms with van der Waals surface area (Å²) in [4.78, 5) is 27.7. The Bertz CT molecular complexity index is 1400. The van der Waals surface area contributed by atoms with Crippen LogP contribution < -0.4 is 19.7 Å². The lowest BCUT2D eigenvalue weighted by molar-refractivity contribution is -0.118. The summed E-state index contributed by atoms with van der Waals surface area (Å²) >= 11 is 6.78. The van der Waals surface area contributed by atoms with Gasteiger partial charge in [0.1, 0.15) is 0 Å². The first-order valence-electron chi connectivity index (χ1n) is 11.9. The van der Waals surface area contributed by atoms with E-state index in [2.05, 4.69) is 5.32 Å². The number of thioether (sulfide) groups is 1. The Morgan fingerprint density at radius 2 is 1.76 bits per heavy atom. The van der Waals surface area contributed by atoms with Crippen molar-refractivity contribution in [3.8, 4) is 11.5 Å². The van der Waals surface area contributed by atoms with E-state index < -0.39 is 0 Å². The summed E-state index contributed by atoms with van der Waals surface area (Å²) < 4.78 is 12.0. The summed E-state index contributed by atoms with van der Waals surface area (Å²) in [5, 5.41) is 2.85. The number of aryl methyl sites for hydroxylation is 3. The van der Waals surface area contributed by atoms with E-state index in [4.69, 9.17) is 21.7 Å². The Labute approximate surface area is 226 Å². The molecule has 0 atom stereocenters. The van der Waals surface area contributed by atoms with E-state index in [0.717, 1.165) is 33.6 Å². The monoisotopic (exact) mass is 532 g/mol. The summed E-state index contributed by atoms with van der Waals surface area (Å²) in [5.41, 5.74) is 5.49. The molecule has 0 unspecified atom stereocenters. The molecule has 1 aliphatic rings. The van der Waals surface area contributed by atoms with E-state index in [9.17, 15) is 9.59 Å². The third-order valence-electron chi connectivity index (χ3n) is 5.89. The van der Waals surface area contributed by atoms with Gasteiger partial charge in [-0.1, -0.05) is 54.3 Å². The molecule has 1 aliphatic heterocycles. The van der Waals surface area contributed by atoms with E-state index >= 15 is 0 Å². The molecule has 3 aromatic carbocycles. The fourth-order valence-electron chi connectivity index (χ4n) is 3.75. The molecule has 190 valence electrons. The van der Waals surface area contributed by atoms with Gasteiger partial charge < -0.3 is 14.8 Å². The van der Waals surface area contributed by atoms with Crippen LogP contribution >= 0.6 is 24.0 Å². The van der Waals surface area contributed by atoms with Crippen LogP contribution in [0.4, 0.5) is 11.4 Å². The topological polar surface area (TPSA) is 67.9 Å². The third kappa shape index (κ3) is 6.21. The average molecular weight is 533 g/mol. The quantitative estimate of drug-likeness (QED) is 0.266. The molecule has 0 aromatic heterocycles. The lowest BCUT2D eigenvalue weighted by Crippen LogP contribution is -2.27. The largest absolute Gasteiger partial charge is 0.490 e. The number of anilines is 2. The molecule has 4 rings (SSSR count). The average Bonchev–Trinajstić information content (AvgIpc) is 3.14. The zero-order valence-electron chi connectivity index (χ0n) is 21.2. The number of ether oxygens (including phenoxy) is 2. The van der Waals surface area contributed by atoms with Gasteiger partial charge in [-0.2, -0.15) is 0 Å². The van der Waals surface area contributed by atoms with Crippen molar-refractivity contribution in [2.24, 2.45) is 0 Å². The summed E-state index contributed by atoms with van der Waals surface area (Å²) in [5.74, 6) is 0.506. The molecule has 2 amide bonds. The number of nitrogens with zero attached hydrogens (tertiary/aromatic N) is 1. The Morgan fingerprint density at radius 3 is 2.49 bits per heavy atom. The fraction of sp³-hybridized carbons (Fsp3) is 0.207. The number of hydrogen-bond donors (Lipinski definition) is 1. The molecule has 1 fully saturated rings. The summed E-state index contributed by atoms with van der Waals surface area (Å²) in [6.07, 6.45) is 1.79. The molecule has 0 spiro atoms. The van der Waals surface area contributed by atoms with E-state index in [1.54, 1.807) is 23.1 Å². The molecule has 8 heteroatoms. The Morgan fingerprint density at radius 1 is 0.973 bits per heavy atom. The van der Waals surface area contributed by atoms with E-state index in [0.29, 0.717) is 27.3 Å². The number of amides is 2. The minimum Gasteiger partial charge on any atom is -0.490 e. The second-order valence-corrected chi connectivity index (χ2v) is 10.3. The molecule has 0 saturated carbocycles. The van der Waals surface area contributed by atoms with Gasteiger partial charge in [-0.25, -0.2) is 0 Å². The van der Waals surface area contributed by atoms with Crippen molar-refractivity contribution in [2.75, 3.05) is 23.4 Å². The number of thiocarbonyl (C=S) groups is 1. The molecule has 0 bridgehead atoms. The number of rotatable bonds is 8. The van der Waals surface area contributed by atoms with Crippen molar-refractivity contribution in [2.45, 2.75) is 27.7 Å². The van der Waals surface area contributed by atoms with Crippen LogP contribution in [0, 0.1) is 20.8 Å². The van der Waals surface area contributed by atoms with E-state index in [1.807, 2.05) is 76.2 Å². The second kappa shape index (κ2) is 11.6. The maximum atomic E-state index is 13.2. The molecule has 0 radical (unpaired) electrons. The highest BCUT2D eigenvalue weighted by molar-refractivity contribution is 8.27.